The second-order valence-electron chi connectivity index (χ2n) is 3.63. The molecule has 0 saturated heterocycles. The van der Waals surface area contributed by atoms with Crippen molar-refractivity contribution >= 4 is 5.69 Å². The van der Waals surface area contributed by atoms with Gasteiger partial charge in [-0.2, -0.15) is 0 Å². The predicted octanol–water partition coefficient (Wildman–Crippen LogP) is 2.47. The van der Waals surface area contributed by atoms with Gasteiger partial charge in [0.25, 0.3) is 0 Å². The number of aryl methyl sites for hydroxylation is 2. The van der Waals surface area contributed by atoms with Crippen molar-refractivity contribution in [2.24, 2.45) is 0 Å². The molecular weight excluding hydrogens is 202 g/mol. The van der Waals surface area contributed by atoms with Crippen LogP contribution in [0, 0.1) is 13.8 Å². The van der Waals surface area contributed by atoms with Gasteiger partial charge < -0.3 is 10.5 Å². The summed E-state index contributed by atoms with van der Waals surface area (Å²) in [5, 5.41) is 0. The maximum atomic E-state index is 5.61. The highest BCUT2D eigenvalue weighted by molar-refractivity contribution is 5.42. The molecule has 0 fully saturated rings. The number of nitrogen functional groups attached to an aromatic ring is 1. The summed E-state index contributed by atoms with van der Waals surface area (Å²) in [7, 11) is 0. The summed E-state index contributed by atoms with van der Waals surface area (Å²) >= 11 is 0. The lowest BCUT2D eigenvalue weighted by Gasteiger charge is -2.07. The minimum atomic E-state index is 0.555. The SMILES string of the molecule is Cc1ccc(Oc2ncc(N)cc2C)cn1. The van der Waals surface area contributed by atoms with Gasteiger partial charge in [-0.3, -0.25) is 4.98 Å². The van der Waals surface area contributed by atoms with Gasteiger partial charge in [-0.05, 0) is 32.0 Å². The maximum absolute atomic E-state index is 5.61. The van der Waals surface area contributed by atoms with Crippen molar-refractivity contribution in [3.8, 4) is 11.6 Å². The van der Waals surface area contributed by atoms with Crippen LogP contribution in [0.5, 0.6) is 11.6 Å². The van der Waals surface area contributed by atoms with Gasteiger partial charge in [0.05, 0.1) is 18.1 Å². The first-order valence-corrected chi connectivity index (χ1v) is 4.98. The molecule has 0 aliphatic rings. The lowest BCUT2D eigenvalue weighted by molar-refractivity contribution is 0.457. The first-order chi connectivity index (χ1) is 7.65. The third-order valence-electron chi connectivity index (χ3n) is 2.15. The molecule has 82 valence electrons. The van der Waals surface area contributed by atoms with Crippen molar-refractivity contribution in [3.05, 3.63) is 41.9 Å². The molecular formula is C12H13N3O. The Kier molecular flexibility index (Phi) is 2.72. The zero-order chi connectivity index (χ0) is 11.5. The fourth-order valence-electron chi connectivity index (χ4n) is 1.32. The number of hydrogen-bond donors (Lipinski definition) is 1. The summed E-state index contributed by atoms with van der Waals surface area (Å²) in [5.41, 5.74) is 8.10. The first-order valence-electron chi connectivity index (χ1n) is 4.98. The van der Waals surface area contributed by atoms with E-state index < -0.39 is 0 Å². The Hall–Kier alpha value is -2.10. The van der Waals surface area contributed by atoms with E-state index in [4.69, 9.17) is 10.5 Å². The summed E-state index contributed by atoms with van der Waals surface area (Å²) in [6.07, 6.45) is 3.25. The lowest BCUT2D eigenvalue weighted by atomic mass is 10.3. The van der Waals surface area contributed by atoms with E-state index in [-0.39, 0.29) is 0 Å². The molecule has 0 saturated carbocycles. The highest BCUT2D eigenvalue weighted by atomic mass is 16.5. The average Bonchev–Trinajstić information content (AvgIpc) is 2.25. The molecule has 4 nitrogen and oxygen atoms in total. The number of nitrogens with two attached hydrogens (primary N) is 1. The molecule has 4 heteroatoms. The standard InChI is InChI=1S/C12H13N3O/c1-8-5-10(13)6-15-12(8)16-11-4-3-9(2)14-7-11/h3-7H,13H2,1-2H3. The van der Waals surface area contributed by atoms with Gasteiger partial charge in [0.1, 0.15) is 5.75 Å². The number of anilines is 1. The fraction of sp³-hybridized carbons (Fsp3) is 0.167. The first kappa shape index (κ1) is 10.4. The molecule has 0 radical (unpaired) electrons. The van der Waals surface area contributed by atoms with E-state index in [0.29, 0.717) is 17.3 Å². The van der Waals surface area contributed by atoms with Gasteiger partial charge in [0.15, 0.2) is 0 Å². The largest absolute Gasteiger partial charge is 0.437 e. The maximum Gasteiger partial charge on any atom is 0.222 e. The summed E-state index contributed by atoms with van der Waals surface area (Å²) < 4.78 is 5.59. The van der Waals surface area contributed by atoms with Crippen LogP contribution in [0.15, 0.2) is 30.6 Å². The van der Waals surface area contributed by atoms with Gasteiger partial charge in [-0.15, -0.1) is 0 Å². The van der Waals surface area contributed by atoms with Crippen molar-refractivity contribution in [3.63, 3.8) is 0 Å². The van der Waals surface area contributed by atoms with Crippen molar-refractivity contribution < 1.29 is 4.74 Å². The van der Waals surface area contributed by atoms with Crippen molar-refractivity contribution in [1.82, 2.24) is 9.97 Å². The number of pyridine rings is 2. The molecule has 2 heterocycles. The quantitative estimate of drug-likeness (QED) is 0.835. The van der Waals surface area contributed by atoms with Gasteiger partial charge in [0.2, 0.25) is 5.88 Å². The van der Waals surface area contributed by atoms with Gasteiger partial charge in [-0.1, -0.05) is 0 Å². The average molecular weight is 215 g/mol. The van der Waals surface area contributed by atoms with Crippen LogP contribution in [0.3, 0.4) is 0 Å². The Bertz CT molecular complexity index is 494. The van der Waals surface area contributed by atoms with E-state index in [1.807, 2.05) is 32.0 Å². The van der Waals surface area contributed by atoms with Gasteiger partial charge in [0, 0.05) is 11.3 Å². The van der Waals surface area contributed by atoms with Crippen LogP contribution >= 0.6 is 0 Å². The number of hydrogen-bond acceptors (Lipinski definition) is 4. The molecule has 0 amide bonds. The Labute approximate surface area is 94.1 Å². The molecule has 2 aromatic heterocycles. The smallest absolute Gasteiger partial charge is 0.222 e. The molecule has 0 bridgehead atoms. The minimum absolute atomic E-state index is 0.555. The zero-order valence-corrected chi connectivity index (χ0v) is 9.27. The summed E-state index contributed by atoms with van der Waals surface area (Å²) in [6, 6.07) is 5.58. The number of ether oxygens (including phenoxy) is 1. The van der Waals surface area contributed by atoms with Crippen LogP contribution in [0.4, 0.5) is 5.69 Å². The molecule has 0 unspecified atom stereocenters. The molecule has 2 rings (SSSR count). The van der Waals surface area contributed by atoms with Crippen LogP contribution in [-0.2, 0) is 0 Å². The highest BCUT2D eigenvalue weighted by Crippen LogP contribution is 2.22. The van der Waals surface area contributed by atoms with Crippen molar-refractivity contribution in [2.45, 2.75) is 13.8 Å². The second-order valence-corrected chi connectivity index (χ2v) is 3.63. The fourth-order valence-corrected chi connectivity index (χ4v) is 1.32. The molecule has 16 heavy (non-hydrogen) atoms. The van der Waals surface area contributed by atoms with E-state index in [0.717, 1.165) is 11.3 Å². The van der Waals surface area contributed by atoms with E-state index in [2.05, 4.69) is 9.97 Å². The van der Waals surface area contributed by atoms with Crippen molar-refractivity contribution in [2.75, 3.05) is 5.73 Å². The Morgan fingerprint density at radius 1 is 1.12 bits per heavy atom. The molecule has 0 aromatic carbocycles. The summed E-state index contributed by atoms with van der Waals surface area (Å²) in [4.78, 5) is 8.27. The van der Waals surface area contributed by atoms with Gasteiger partial charge >= 0.3 is 0 Å². The van der Waals surface area contributed by atoms with Gasteiger partial charge in [-0.25, -0.2) is 4.98 Å². The molecule has 0 atom stereocenters. The lowest BCUT2D eigenvalue weighted by Crippen LogP contribution is -1.94. The summed E-state index contributed by atoms with van der Waals surface area (Å²) in [6.45, 7) is 3.83. The monoisotopic (exact) mass is 215 g/mol. The molecule has 2 aromatic rings. The molecule has 0 spiro atoms. The third kappa shape index (κ3) is 2.28. The number of nitrogens with zero attached hydrogens (tertiary/aromatic N) is 2. The van der Waals surface area contributed by atoms with Crippen LogP contribution < -0.4 is 10.5 Å². The summed E-state index contributed by atoms with van der Waals surface area (Å²) in [5.74, 6) is 1.23. The number of rotatable bonds is 2. The number of aromatic nitrogens is 2. The molecule has 0 aliphatic heterocycles. The topological polar surface area (TPSA) is 61.0 Å². The Morgan fingerprint density at radius 2 is 1.94 bits per heavy atom. The van der Waals surface area contributed by atoms with E-state index in [1.54, 1.807) is 12.4 Å². The zero-order valence-electron chi connectivity index (χ0n) is 9.27. The van der Waals surface area contributed by atoms with Crippen LogP contribution in [0.25, 0.3) is 0 Å². The Balaban J connectivity index is 2.23. The van der Waals surface area contributed by atoms with Crippen molar-refractivity contribution in [1.29, 1.82) is 0 Å². The highest BCUT2D eigenvalue weighted by Gasteiger charge is 2.03. The molecule has 2 N–H and O–H groups in total. The van der Waals surface area contributed by atoms with E-state index in [1.165, 1.54) is 0 Å². The van der Waals surface area contributed by atoms with E-state index in [9.17, 15) is 0 Å². The van der Waals surface area contributed by atoms with E-state index >= 15 is 0 Å². The van der Waals surface area contributed by atoms with Crippen LogP contribution in [0.1, 0.15) is 11.3 Å². The Morgan fingerprint density at radius 3 is 2.56 bits per heavy atom. The molecule has 0 aliphatic carbocycles. The minimum Gasteiger partial charge on any atom is -0.437 e. The predicted molar refractivity (Wildman–Crippen MR) is 62.4 cm³/mol. The second kappa shape index (κ2) is 4.18. The normalized spacial score (nSPS) is 10.1. The van der Waals surface area contributed by atoms with Crippen LogP contribution in [-0.4, -0.2) is 9.97 Å². The third-order valence-corrected chi connectivity index (χ3v) is 2.15. The van der Waals surface area contributed by atoms with Crippen LogP contribution in [0.2, 0.25) is 0 Å².